The first-order valence-electron chi connectivity index (χ1n) is 4.00. The number of rotatable bonds is 0. The number of fused-ring (bicyclic) bond motifs is 1. The van der Waals surface area contributed by atoms with Gasteiger partial charge in [0.05, 0.1) is 0 Å². The van der Waals surface area contributed by atoms with Crippen LogP contribution in [0.25, 0.3) is 11.0 Å². The summed E-state index contributed by atoms with van der Waals surface area (Å²) in [6.07, 6.45) is 0. The van der Waals surface area contributed by atoms with Gasteiger partial charge in [-0.3, -0.25) is 0 Å². The van der Waals surface area contributed by atoms with E-state index in [9.17, 15) is 0 Å². The fraction of sp³-hybridized carbons (Fsp3) is 0.333. The van der Waals surface area contributed by atoms with Gasteiger partial charge in [-0.1, -0.05) is 0 Å². The number of aryl methyl sites for hydroxylation is 1. The minimum atomic E-state index is 0.0653. The van der Waals surface area contributed by atoms with Crippen molar-refractivity contribution in [3.05, 3.63) is 21.2 Å². The van der Waals surface area contributed by atoms with E-state index in [0.29, 0.717) is 0 Å². The molecule has 2 rings (SSSR count). The van der Waals surface area contributed by atoms with Crippen molar-refractivity contribution >= 4 is 41.9 Å². The molecule has 0 saturated carbocycles. The van der Waals surface area contributed by atoms with Crippen molar-refractivity contribution in [2.45, 2.75) is 20.8 Å². The average molecular weight is 304 g/mol. The van der Waals surface area contributed by atoms with E-state index in [4.69, 9.17) is 0 Å². The maximum atomic E-state index is 4.43. The third kappa shape index (κ3) is 1.28. The number of hydrogen-bond acceptors (Lipinski definition) is 2. The Hall–Kier alpha value is -0.181. The monoisotopic (exact) mass is 304 g/mol. The molecule has 0 atom stereocenters. The molecule has 2 aromatic rings. The number of halogens is 1. The molecule has 0 aliphatic heterocycles. The van der Waals surface area contributed by atoms with Crippen LogP contribution in [-0.4, -0.2) is 22.9 Å². The predicted molar refractivity (Wildman–Crippen MR) is 58.4 cm³/mol. The Morgan fingerprint density at radius 2 is 1.54 bits per heavy atom. The van der Waals surface area contributed by atoms with Crippen molar-refractivity contribution in [1.82, 2.24) is 7.96 Å². The zero-order valence-electron chi connectivity index (χ0n) is 7.68. The second-order valence-corrected chi connectivity index (χ2v) is 5.05. The van der Waals surface area contributed by atoms with Crippen LogP contribution in [0.4, 0.5) is 0 Å². The summed E-state index contributed by atoms with van der Waals surface area (Å²) in [6.45, 7) is 6.37. The molecule has 0 N–H and O–H groups in total. The van der Waals surface area contributed by atoms with Gasteiger partial charge in [-0.2, -0.15) is 0 Å². The number of nitrogens with zero attached hydrogens (tertiary/aromatic N) is 2. The summed E-state index contributed by atoms with van der Waals surface area (Å²) in [4.78, 5) is 0. The predicted octanol–water partition coefficient (Wildman–Crippen LogP) is 2.37. The summed E-state index contributed by atoms with van der Waals surface area (Å²) in [5.41, 5.74) is 6.03. The molecule has 0 unspecified atom stereocenters. The molecule has 0 radical (unpaired) electrons. The molecule has 0 bridgehead atoms. The average Bonchev–Trinajstić information content (AvgIpc) is 2.59. The Balaban J connectivity index is 3.02. The van der Waals surface area contributed by atoms with Gasteiger partial charge in [-0.25, -0.2) is 0 Å². The quantitative estimate of drug-likeness (QED) is 0.698. The molecule has 0 aliphatic rings. The van der Waals surface area contributed by atoms with Crippen LogP contribution in [0.1, 0.15) is 16.7 Å². The molecule has 0 fully saturated rings. The molecule has 13 heavy (non-hydrogen) atoms. The van der Waals surface area contributed by atoms with Crippen LogP contribution in [0.2, 0.25) is 0 Å². The molecule has 1 aromatic carbocycles. The SMILES string of the molecule is Cc1c(C)c(Br)c2n[se]nc2c1C. The van der Waals surface area contributed by atoms with E-state index in [2.05, 4.69) is 44.7 Å². The zero-order valence-corrected chi connectivity index (χ0v) is 11.0. The van der Waals surface area contributed by atoms with E-state index >= 15 is 0 Å². The van der Waals surface area contributed by atoms with E-state index < -0.39 is 0 Å². The second kappa shape index (κ2) is 3.19. The molecule has 2 nitrogen and oxygen atoms in total. The number of benzene rings is 1. The van der Waals surface area contributed by atoms with Crippen LogP contribution in [0.15, 0.2) is 4.47 Å². The van der Waals surface area contributed by atoms with Crippen molar-refractivity contribution in [1.29, 1.82) is 0 Å². The standard InChI is InChI=1S/C9H9BrN2Se/c1-4-5(2)7(10)9-8(6(4)3)11-13-12-9/h1-3H3. The van der Waals surface area contributed by atoms with Crippen LogP contribution in [0, 0.1) is 20.8 Å². The number of aromatic nitrogens is 2. The molecule has 1 heterocycles. The Morgan fingerprint density at radius 3 is 2.23 bits per heavy atom. The Morgan fingerprint density at radius 1 is 0.923 bits per heavy atom. The molecular formula is C9H9BrN2Se. The van der Waals surface area contributed by atoms with E-state index in [1.54, 1.807) is 0 Å². The third-order valence-corrected chi connectivity index (χ3v) is 4.58. The molecular weight excluding hydrogens is 295 g/mol. The fourth-order valence-electron chi connectivity index (χ4n) is 1.38. The van der Waals surface area contributed by atoms with Crippen LogP contribution in [0.3, 0.4) is 0 Å². The van der Waals surface area contributed by atoms with Crippen molar-refractivity contribution in [2.75, 3.05) is 0 Å². The first-order chi connectivity index (χ1) is 6.13. The third-order valence-electron chi connectivity index (χ3n) is 2.51. The summed E-state index contributed by atoms with van der Waals surface area (Å²) >= 11 is 3.64. The van der Waals surface area contributed by atoms with E-state index in [0.717, 1.165) is 15.5 Å². The summed E-state index contributed by atoms with van der Waals surface area (Å²) in [5, 5.41) is 0. The van der Waals surface area contributed by atoms with Crippen molar-refractivity contribution < 1.29 is 0 Å². The van der Waals surface area contributed by atoms with Crippen molar-refractivity contribution in [3.8, 4) is 0 Å². The number of hydrogen-bond donors (Lipinski definition) is 0. The van der Waals surface area contributed by atoms with Gasteiger partial charge in [-0.15, -0.1) is 0 Å². The summed E-state index contributed by atoms with van der Waals surface area (Å²) in [7, 11) is 0. The van der Waals surface area contributed by atoms with Gasteiger partial charge in [0.2, 0.25) is 0 Å². The molecule has 0 aliphatic carbocycles. The molecule has 0 spiro atoms. The van der Waals surface area contributed by atoms with Gasteiger partial charge in [0.15, 0.2) is 0 Å². The van der Waals surface area contributed by atoms with Gasteiger partial charge >= 0.3 is 91.8 Å². The molecule has 68 valence electrons. The zero-order chi connectivity index (χ0) is 9.59. The van der Waals surface area contributed by atoms with Crippen molar-refractivity contribution in [2.24, 2.45) is 0 Å². The van der Waals surface area contributed by atoms with Gasteiger partial charge in [-0.05, 0) is 0 Å². The van der Waals surface area contributed by atoms with Gasteiger partial charge in [0.25, 0.3) is 0 Å². The Bertz CT molecular complexity index is 434. The van der Waals surface area contributed by atoms with Crippen LogP contribution < -0.4 is 0 Å². The van der Waals surface area contributed by atoms with E-state index in [1.807, 2.05) is 0 Å². The summed E-state index contributed by atoms with van der Waals surface area (Å²) in [6, 6.07) is 0. The van der Waals surface area contributed by atoms with Crippen LogP contribution >= 0.6 is 15.9 Å². The van der Waals surface area contributed by atoms with Gasteiger partial charge < -0.3 is 0 Å². The molecule has 4 heteroatoms. The Labute approximate surface area is 91.7 Å². The topological polar surface area (TPSA) is 25.8 Å². The molecule has 0 amide bonds. The summed E-state index contributed by atoms with van der Waals surface area (Å²) < 4.78 is 9.96. The molecule has 0 saturated heterocycles. The normalized spacial score (nSPS) is 11.1. The van der Waals surface area contributed by atoms with E-state index in [-0.39, 0.29) is 15.0 Å². The second-order valence-electron chi connectivity index (χ2n) is 3.15. The van der Waals surface area contributed by atoms with E-state index in [1.165, 1.54) is 16.7 Å². The van der Waals surface area contributed by atoms with Crippen LogP contribution in [-0.2, 0) is 0 Å². The minimum absolute atomic E-state index is 0.0653. The van der Waals surface area contributed by atoms with Gasteiger partial charge in [0.1, 0.15) is 0 Å². The summed E-state index contributed by atoms with van der Waals surface area (Å²) in [5.74, 6) is 0. The Kier molecular flexibility index (Phi) is 2.30. The van der Waals surface area contributed by atoms with Gasteiger partial charge in [0, 0.05) is 0 Å². The fourth-order valence-corrected chi connectivity index (χ4v) is 3.49. The molecule has 1 aromatic heterocycles. The van der Waals surface area contributed by atoms with Crippen molar-refractivity contribution in [3.63, 3.8) is 0 Å². The first kappa shape index (κ1) is 9.38. The maximum absolute atomic E-state index is 4.43. The first-order valence-corrected chi connectivity index (χ1v) is 6.33. The van der Waals surface area contributed by atoms with Crippen LogP contribution in [0.5, 0.6) is 0 Å².